The van der Waals surface area contributed by atoms with Crippen molar-refractivity contribution in [1.29, 1.82) is 0 Å². The molecular formula is C19H15BrN4O3. The summed E-state index contributed by atoms with van der Waals surface area (Å²) in [4.78, 5) is 26.4. The first-order chi connectivity index (χ1) is 13.1. The highest BCUT2D eigenvalue weighted by Gasteiger charge is 2.35. The summed E-state index contributed by atoms with van der Waals surface area (Å²) in [6.07, 6.45) is 0.286. The number of nitrogens with zero attached hydrogens (tertiary/aromatic N) is 3. The summed E-state index contributed by atoms with van der Waals surface area (Å²) < 4.78 is 6.25. The second kappa shape index (κ2) is 7.32. The molecule has 7 nitrogen and oxygen atoms in total. The molecule has 2 heterocycles. The van der Waals surface area contributed by atoms with Gasteiger partial charge < -0.3 is 9.32 Å². The molecule has 0 bridgehead atoms. The maximum absolute atomic E-state index is 12.3. The topological polar surface area (TPSA) is 88.3 Å². The minimum atomic E-state index is -0.355. The minimum Gasteiger partial charge on any atom is -0.407 e. The largest absolute Gasteiger partial charge is 0.407 e. The Labute approximate surface area is 163 Å². The second-order valence-electron chi connectivity index (χ2n) is 6.12. The summed E-state index contributed by atoms with van der Waals surface area (Å²) in [5, 5.41) is 10.5. The van der Waals surface area contributed by atoms with E-state index >= 15 is 0 Å². The van der Waals surface area contributed by atoms with E-state index in [0.29, 0.717) is 22.5 Å². The molecule has 1 saturated heterocycles. The van der Waals surface area contributed by atoms with Gasteiger partial charge in [-0.1, -0.05) is 35.4 Å². The van der Waals surface area contributed by atoms with Crippen LogP contribution >= 0.6 is 15.9 Å². The van der Waals surface area contributed by atoms with Gasteiger partial charge in [-0.15, -0.1) is 5.10 Å². The third-order valence-electron chi connectivity index (χ3n) is 4.32. The summed E-state index contributed by atoms with van der Waals surface area (Å²) in [6, 6.07) is 16.5. The molecule has 1 aliphatic rings. The highest BCUT2D eigenvalue weighted by Crippen LogP contribution is 2.31. The molecule has 0 radical (unpaired) electrons. The first-order valence-corrected chi connectivity index (χ1v) is 9.16. The number of aromatic nitrogens is 2. The Morgan fingerprint density at radius 2 is 1.85 bits per heavy atom. The van der Waals surface area contributed by atoms with Gasteiger partial charge in [0.1, 0.15) is 0 Å². The van der Waals surface area contributed by atoms with Crippen molar-refractivity contribution in [3.05, 3.63) is 70.5 Å². The van der Waals surface area contributed by atoms with Gasteiger partial charge >= 0.3 is 6.01 Å². The van der Waals surface area contributed by atoms with Gasteiger partial charge in [0.15, 0.2) is 0 Å². The molecule has 1 atom stereocenters. The maximum atomic E-state index is 12.3. The number of hydrogen-bond acceptors (Lipinski definition) is 5. The summed E-state index contributed by atoms with van der Waals surface area (Å²) in [5.74, 6) is -0.224. The standard InChI is InChI=1S/C19H15BrN4O3/c20-15-9-5-4-8-14(15)17(26)21-19-23-22-18(27-19)12-10-16(25)24(11-12)13-6-2-1-3-7-13/h1-9,12H,10-11H2,(H,21,23,26). The van der Waals surface area contributed by atoms with Crippen LogP contribution in [-0.4, -0.2) is 28.6 Å². The number of benzene rings is 2. The molecule has 0 spiro atoms. The summed E-state index contributed by atoms with van der Waals surface area (Å²) in [5.41, 5.74) is 1.30. The predicted molar refractivity (Wildman–Crippen MR) is 103 cm³/mol. The average Bonchev–Trinajstić information content (AvgIpc) is 3.29. The Morgan fingerprint density at radius 3 is 2.63 bits per heavy atom. The molecule has 1 aromatic heterocycles. The molecule has 1 aliphatic heterocycles. The van der Waals surface area contributed by atoms with E-state index in [1.807, 2.05) is 36.4 Å². The number of carbonyl (C=O) groups is 2. The Kier molecular flexibility index (Phi) is 4.72. The van der Waals surface area contributed by atoms with Crippen molar-refractivity contribution < 1.29 is 14.0 Å². The Bertz CT molecular complexity index is 989. The number of rotatable bonds is 4. The molecular weight excluding hydrogens is 412 g/mol. The number of carbonyl (C=O) groups excluding carboxylic acids is 2. The molecule has 0 aliphatic carbocycles. The molecule has 3 aromatic rings. The monoisotopic (exact) mass is 426 g/mol. The highest BCUT2D eigenvalue weighted by atomic mass is 79.9. The van der Waals surface area contributed by atoms with E-state index in [-0.39, 0.29) is 30.2 Å². The predicted octanol–water partition coefficient (Wildman–Crippen LogP) is 3.60. The third-order valence-corrected chi connectivity index (χ3v) is 5.01. The normalized spacial score (nSPS) is 16.6. The van der Waals surface area contributed by atoms with Crippen LogP contribution < -0.4 is 10.2 Å². The average molecular weight is 427 g/mol. The third kappa shape index (κ3) is 3.61. The van der Waals surface area contributed by atoms with Crippen LogP contribution in [0.2, 0.25) is 0 Å². The van der Waals surface area contributed by atoms with Crippen molar-refractivity contribution >= 4 is 39.4 Å². The highest BCUT2D eigenvalue weighted by molar-refractivity contribution is 9.10. The van der Waals surface area contributed by atoms with Crippen molar-refractivity contribution in [1.82, 2.24) is 10.2 Å². The fraction of sp³-hybridized carbons (Fsp3) is 0.158. The lowest BCUT2D eigenvalue weighted by atomic mass is 10.1. The van der Waals surface area contributed by atoms with E-state index < -0.39 is 0 Å². The molecule has 2 amide bonds. The van der Waals surface area contributed by atoms with Crippen LogP contribution in [0.1, 0.15) is 28.6 Å². The number of anilines is 2. The zero-order chi connectivity index (χ0) is 18.8. The SMILES string of the molecule is O=C(Nc1nnc(C2CC(=O)N(c3ccccc3)C2)o1)c1ccccc1Br. The zero-order valence-electron chi connectivity index (χ0n) is 14.1. The van der Waals surface area contributed by atoms with Gasteiger partial charge in [-0.2, -0.15) is 0 Å². The first kappa shape index (κ1) is 17.4. The number of hydrogen-bond donors (Lipinski definition) is 1. The van der Waals surface area contributed by atoms with E-state index in [0.717, 1.165) is 5.69 Å². The maximum Gasteiger partial charge on any atom is 0.322 e. The van der Waals surface area contributed by atoms with Crippen LogP contribution in [0.5, 0.6) is 0 Å². The molecule has 27 heavy (non-hydrogen) atoms. The van der Waals surface area contributed by atoms with Crippen molar-refractivity contribution in [2.45, 2.75) is 12.3 Å². The van der Waals surface area contributed by atoms with Crippen molar-refractivity contribution in [3.63, 3.8) is 0 Å². The van der Waals surface area contributed by atoms with Crippen molar-refractivity contribution in [2.24, 2.45) is 0 Å². The summed E-state index contributed by atoms with van der Waals surface area (Å²) in [7, 11) is 0. The molecule has 1 unspecified atom stereocenters. The van der Waals surface area contributed by atoms with Gasteiger partial charge in [-0.3, -0.25) is 14.9 Å². The summed E-state index contributed by atoms with van der Waals surface area (Å²) in [6.45, 7) is 0.461. The number of nitrogens with one attached hydrogen (secondary N) is 1. The van der Waals surface area contributed by atoms with Crippen molar-refractivity contribution in [3.8, 4) is 0 Å². The van der Waals surface area contributed by atoms with Gasteiger partial charge in [-0.25, -0.2) is 0 Å². The first-order valence-electron chi connectivity index (χ1n) is 8.36. The fourth-order valence-corrected chi connectivity index (χ4v) is 3.46. The Balaban J connectivity index is 1.46. The van der Waals surface area contributed by atoms with E-state index in [1.54, 1.807) is 23.1 Å². The van der Waals surface area contributed by atoms with Crippen LogP contribution in [0.25, 0.3) is 0 Å². The minimum absolute atomic E-state index is 0.00296. The quantitative estimate of drug-likeness (QED) is 0.688. The van der Waals surface area contributed by atoms with Crippen molar-refractivity contribution in [2.75, 3.05) is 16.8 Å². The van der Waals surface area contributed by atoms with E-state index in [1.165, 1.54) is 0 Å². The zero-order valence-corrected chi connectivity index (χ0v) is 15.7. The van der Waals surface area contributed by atoms with Crippen LogP contribution in [0.15, 0.2) is 63.5 Å². The van der Waals surface area contributed by atoms with Crippen LogP contribution in [0, 0.1) is 0 Å². The fourth-order valence-electron chi connectivity index (χ4n) is 2.99. The molecule has 0 saturated carbocycles. The molecule has 4 rings (SSSR count). The Hall–Kier alpha value is -3.00. The number of para-hydroxylation sites is 1. The van der Waals surface area contributed by atoms with Crippen LogP contribution in [-0.2, 0) is 4.79 Å². The summed E-state index contributed by atoms with van der Waals surface area (Å²) >= 11 is 3.33. The van der Waals surface area contributed by atoms with Gasteiger partial charge in [0.25, 0.3) is 5.91 Å². The van der Waals surface area contributed by atoms with E-state index in [2.05, 4.69) is 31.4 Å². The van der Waals surface area contributed by atoms with E-state index in [4.69, 9.17) is 4.42 Å². The Morgan fingerprint density at radius 1 is 1.11 bits per heavy atom. The van der Waals surface area contributed by atoms with Gasteiger partial charge in [0.2, 0.25) is 11.8 Å². The van der Waals surface area contributed by atoms with Gasteiger partial charge in [0, 0.05) is 23.1 Å². The lowest BCUT2D eigenvalue weighted by Crippen LogP contribution is -2.24. The lowest BCUT2D eigenvalue weighted by molar-refractivity contribution is -0.117. The molecule has 136 valence electrons. The van der Waals surface area contributed by atoms with Gasteiger partial charge in [-0.05, 0) is 40.2 Å². The van der Waals surface area contributed by atoms with E-state index in [9.17, 15) is 9.59 Å². The van der Waals surface area contributed by atoms with Crippen LogP contribution in [0.4, 0.5) is 11.7 Å². The second-order valence-corrected chi connectivity index (χ2v) is 6.97. The lowest BCUT2D eigenvalue weighted by Gasteiger charge is -2.15. The molecule has 8 heteroatoms. The van der Waals surface area contributed by atoms with Crippen LogP contribution in [0.3, 0.4) is 0 Å². The molecule has 1 fully saturated rings. The molecule has 1 N–H and O–H groups in total. The smallest absolute Gasteiger partial charge is 0.322 e. The molecule has 2 aromatic carbocycles. The van der Waals surface area contributed by atoms with Gasteiger partial charge in [0.05, 0.1) is 11.5 Å². The number of amides is 2. The number of halogens is 1.